The van der Waals surface area contributed by atoms with Gasteiger partial charge in [0.15, 0.2) is 0 Å². The summed E-state index contributed by atoms with van der Waals surface area (Å²) < 4.78 is 31.9. The maximum absolute atomic E-state index is 12.0. The largest absolute Gasteiger partial charge is 0.447 e. The second-order valence-corrected chi connectivity index (χ2v) is 6.14. The van der Waals surface area contributed by atoms with E-state index < -0.39 is 10.0 Å². The lowest BCUT2D eigenvalue weighted by molar-refractivity contribution is 0.401. The summed E-state index contributed by atoms with van der Waals surface area (Å²) in [7, 11) is -1.72. The van der Waals surface area contributed by atoms with E-state index in [1.54, 1.807) is 13.1 Å². The minimum atomic E-state index is -3.51. The van der Waals surface area contributed by atoms with Gasteiger partial charge < -0.3 is 9.73 Å². The molecule has 17 heavy (non-hydrogen) atoms. The highest BCUT2D eigenvalue weighted by Gasteiger charge is 2.32. The Morgan fingerprint density at radius 3 is 2.76 bits per heavy atom. The lowest BCUT2D eigenvalue weighted by Gasteiger charge is -2.11. The number of rotatable bonds is 6. The van der Waals surface area contributed by atoms with Gasteiger partial charge in [0.2, 0.25) is 5.09 Å². The third kappa shape index (κ3) is 3.08. The second-order valence-electron chi connectivity index (χ2n) is 4.50. The summed E-state index contributed by atoms with van der Waals surface area (Å²) in [5.74, 6) is 1.10. The van der Waals surface area contributed by atoms with Gasteiger partial charge in [-0.15, -0.1) is 0 Å². The summed E-state index contributed by atoms with van der Waals surface area (Å²) in [6, 6.07) is 3.15. The highest BCUT2D eigenvalue weighted by Crippen LogP contribution is 2.33. The van der Waals surface area contributed by atoms with Gasteiger partial charge in [-0.2, -0.15) is 0 Å². The summed E-state index contributed by atoms with van der Waals surface area (Å²) in [5.41, 5.74) is 0. The van der Waals surface area contributed by atoms with Crippen molar-refractivity contribution in [3.63, 3.8) is 0 Å². The molecule has 6 heteroatoms. The summed E-state index contributed by atoms with van der Waals surface area (Å²) in [5, 5.41) is 2.90. The van der Waals surface area contributed by atoms with Gasteiger partial charge in [0.1, 0.15) is 5.76 Å². The van der Waals surface area contributed by atoms with Gasteiger partial charge in [-0.1, -0.05) is 0 Å². The van der Waals surface area contributed by atoms with Crippen molar-refractivity contribution >= 4 is 10.0 Å². The molecular formula is C11H18N2O3S. The van der Waals surface area contributed by atoms with E-state index in [-0.39, 0.29) is 11.1 Å². The van der Waals surface area contributed by atoms with E-state index in [2.05, 4.69) is 10.0 Å². The van der Waals surface area contributed by atoms with Crippen LogP contribution in [0.4, 0.5) is 0 Å². The maximum Gasteiger partial charge on any atom is 0.274 e. The Morgan fingerprint density at radius 2 is 2.18 bits per heavy atom. The number of nitrogens with one attached hydrogen (secondary N) is 2. The van der Waals surface area contributed by atoms with Crippen molar-refractivity contribution in [3.8, 4) is 0 Å². The van der Waals surface area contributed by atoms with Gasteiger partial charge >= 0.3 is 0 Å². The molecule has 0 aliphatic heterocycles. The molecule has 1 atom stereocenters. The van der Waals surface area contributed by atoms with E-state index in [4.69, 9.17) is 4.42 Å². The van der Waals surface area contributed by atoms with Crippen molar-refractivity contribution in [1.29, 1.82) is 0 Å². The average Bonchev–Trinajstić information content (AvgIpc) is 2.99. The van der Waals surface area contributed by atoms with Crippen molar-refractivity contribution in [1.82, 2.24) is 10.0 Å². The minimum Gasteiger partial charge on any atom is -0.447 e. The van der Waals surface area contributed by atoms with Crippen molar-refractivity contribution in [2.24, 2.45) is 5.92 Å². The number of furan rings is 1. The Morgan fingerprint density at radius 1 is 1.47 bits per heavy atom. The van der Waals surface area contributed by atoms with Crippen LogP contribution >= 0.6 is 0 Å². The molecule has 0 saturated heterocycles. The first-order valence-corrected chi connectivity index (χ1v) is 7.27. The van der Waals surface area contributed by atoms with Crippen LogP contribution in [0.1, 0.15) is 25.5 Å². The van der Waals surface area contributed by atoms with Gasteiger partial charge in [0.05, 0.1) is 6.54 Å². The molecule has 0 amide bonds. The Kier molecular flexibility index (Phi) is 3.56. The van der Waals surface area contributed by atoms with Crippen LogP contribution in [0.3, 0.4) is 0 Å². The lowest BCUT2D eigenvalue weighted by Crippen LogP contribution is -2.33. The Balaban J connectivity index is 2.07. The highest BCUT2D eigenvalue weighted by molar-refractivity contribution is 7.89. The first-order valence-electron chi connectivity index (χ1n) is 5.78. The van der Waals surface area contributed by atoms with Crippen molar-refractivity contribution in [2.45, 2.75) is 37.4 Å². The molecule has 96 valence electrons. The Labute approximate surface area is 102 Å². The van der Waals surface area contributed by atoms with E-state index in [0.29, 0.717) is 18.2 Å². The second kappa shape index (κ2) is 4.80. The molecule has 0 aromatic carbocycles. The third-order valence-electron chi connectivity index (χ3n) is 2.92. The van der Waals surface area contributed by atoms with Crippen LogP contribution in [0.15, 0.2) is 21.6 Å². The van der Waals surface area contributed by atoms with Crippen molar-refractivity contribution in [3.05, 3.63) is 17.9 Å². The molecule has 0 radical (unpaired) electrons. The molecule has 5 nitrogen and oxygen atoms in total. The molecule has 1 aromatic rings. The molecule has 0 bridgehead atoms. The Hall–Kier alpha value is -0.850. The third-order valence-corrected chi connectivity index (χ3v) is 4.35. The minimum absolute atomic E-state index is 0.00440. The van der Waals surface area contributed by atoms with Crippen molar-refractivity contribution in [2.75, 3.05) is 7.05 Å². The van der Waals surface area contributed by atoms with Crippen LogP contribution in [0.25, 0.3) is 0 Å². The zero-order chi connectivity index (χ0) is 12.5. The average molecular weight is 258 g/mol. The highest BCUT2D eigenvalue weighted by atomic mass is 32.2. The fraction of sp³-hybridized carbons (Fsp3) is 0.636. The summed E-state index contributed by atoms with van der Waals surface area (Å²) in [4.78, 5) is 0. The smallest absolute Gasteiger partial charge is 0.274 e. The molecular weight excluding hydrogens is 240 g/mol. The van der Waals surface area contributed by atoms with E-state index in [9.17, 15) is 8.42 Å². The SMILES string of the molecule is CNCc1ccc(S(=O)(=O)NC(C)C2CC2)o1. The van der Waals surface area contributed by atoms with E-state index in [1.165, 1.54) is 6.07 Å². The fourth-order valence-corrected chi connectivity index (χ4v) is 3.03. The molecule has 1 fully saturated rings. The van der Waals surface area contributed by atoms with Gasteiger partial charge in [0, 0.05) is 6.04 Å². The van der Waals surface area contributed by atoms with Crippen LogP contribution in [-0.2, 0) is 16.6 Å². The van der Waals surface area contributed by atoms with Crippen LogP contribution in [0.2, 0.25) is 0 Å². The molecule has 2 N–H and O–H groups in total. The van der Waals surface area contributed by atoms with E-state index >= 15 is 0 Å². The standard InChI is InChI=1S/C11H18N2O3S/c1-8(9-3-4-9)13-17(14,15)11-6-5-10(16-11)7-12-2/h5-6,8-9,12-13H,3-4,7H2,1-2H3. The zero-order valence-corrected chi connectivity index (χ0v) is 10.9. The lowest BCUT2D eigenvalue weighted by atomic mass is 10.2. The predicted molar refractivity (Wildman–Crippen MR) is 64.0 cm³/mol. The summed E-state index contributed by atoms with van der Waals surface area (Å²) >= 11 is 0. The number of hydrogen-bond donors (Lipinski definition) is 2. The molecule has 1 aliphatic rings. The number of sulfonamides is 1. The molecule has 1 saturated carbocycles. The predicted octanol–water partition coefficient (Wildman–Crippen LogP) is 1.08. The van der Waals surface area contributed by atoms with Crippen LogP contribution in [-0.4, -0.2) is 21.5 Å². The van der Waals surface area contributed by atoms with Gasteiger partial charge in [0.25, 0.3) is 10.0 Å². The first kappa shape index (κ1) is 12.6. The van der Waals surface area contributed by atoms with E-state index in [0.717, 1.165) is 12.8 Å². The van der Waals surface area contributed by atoms with Gasteiger partial charge in [-0.05, 0) is 44.9 Å². The van der Waals surface area contributed by atoms with Crippen LogP contribution in [0.5, 0.6) is 0 Å². The Bertz CT molecular complexity index is 477. The molecule has 2 rings (SSSR count). The topological polar surface area (TPSA) is 71.3 Å². The summed E-state index contributed by atoms with van der Waals surface area (Å²) in [6.45, 7) is 2.42. The van der Waals surface area contributed by atoms with Crippen LogP contribution < -0.4 is 10.0 Å². The van der Waals surface area contributed by atoms with Gasteiger partial charge in [-0.25, -0.2) is 13.1 Å². The van der Waals surface area contributed by atoms with Crippen LogP contribution in [0, 0.1) is 5.92 Å². The first-order chi connectivity index (χ1) is 8.03. The summed E-state index contributed by atoms with van der Waals surface area (Å²) in [6.07, 6.45) is 2.21. The fourth-order valence-electron chi connectivity index (χ4n) is 1.77. The monoisotopic (exact) mass is 258 g/mol. The molecule has 1 heterocycles. The maximum atomic E-state index is 12.0. The normalized spacial score (nSPS) is 18.2. The molecule has 0 spiro atoms. The molecule has 1 aromatic heterocycles. The quantitative estimate of drug-likeness (QED) is 0.801. The molecule has 1 unspecified atom stereocenters. The van der Waals surface area contributed by atoms with E-state index in [1.807, 2.05) is 6.92 Å². The number of hydrogen-bond acceptors (Lipinski definition) is 4. The van der Waals surface area contributed by atoms with Crippen molar-refractivity contribution < 1.29 is 12.8 Å². The molecule has 1 aliphatic carbocycles. The van der Waals surface area contributed by atoms with Gasteiger partial charge in [-0.3, -0.25) is 0 Å². The zero-order valence-electron chi connectivity index (χ0n) is 10.1.